The van der Waals surface area contributed by atoms with Gasteiger partial charge in [-0.1, -0.05) is 72.8 Å². The van der Waals surface area contributed by atoms with Gasteiger partial charge in [-0.25, -0.2) is 4.90 Å². The highest BCUT2D eigenvalue weighted by Crippen LogP contribution is 2.36. The summed E-state index contributed by atoms with van der Waals surface area (Å²) in [6.45, 7) is 2.50. The van der Waals surface area contributed by atoms with E-state index in [0.29, 0.717) is 45.6 Å². The first-order valence-corrected chi connectivity index (χ1v) is 16.4. The molecule has 3 heterocycles. The van der Waals surface area contributed by atoms with E-state index >= 15 is 0 Å². The Hall–Kier alpha value is -6.60. The van der Waals surface area contributed by atoms with Crippen LogP contribution >= 0.6 is 0 Å². The van der Waals surface area contributed by atoms with Crippen LogP contribution in [0.25, 0.3) is 44.1 Å². The van der Waals surface area contributed by atoms with Crippen molar-refractivity contribution < 1.29 is 19.2 Å². The Balaban J connectivity index is 1.07. The van der Waals surface area contributed by atoms with Crippen LogP contribution in [-0.4, -0.2) is 40.1 Å². The number of carbonyl (C=O) groups excluding carboxylic acids is 4. The fourth-order valence-electron chi connectivity index (χ4n) is 7.41. The summed E-state index contributed by atoms with van der Waals surface area (Å²) in [5.41, 5.74) is 8.35. The quantitative estimate of drug-likeness (QED) is 0.175. The Labute approximate surface area is 287 Å². The number of anilines is 1. The second kappa shape index (κ2) is 11.0. The number of imide groups is 2. The maximum absolute atomic E-state index is 14.0. The van der Waals surface area contributed by atoms with Crippen LogP contribution in [0.3, 0.4) is 0 Å². The first-order valence-electron chi connectivity index (χ1n) is 16.4. The van der Waals surface area contributed by atoms with Gasteiger partial charge in [-0.05, 0) is 100 Å². The summed E-state index contributed by atoms with van der Waals surface area (Å²) >= 11 is 0. The van der Waals surface area contributed by atoms with Gasteiger partial charge in [0.15, 0.2) is 0 Å². The van der Waals surface area contributed by atoms with Crippen LogP contribution in [-0.2, 0) is 6.54 Å². The van der Waals surface area contributed by atoms with Crippen molar-refractivity contribution in [3.63, 3.8) is 0 Å². The van der Waals surface area contributed by atoms with E-state index in [0.717, 1.165) is 38.2 Å². The van der Waals surface area contributed by atoms with E-state index in [1.807, 2.05) is 43.3 Å². The molecular weight excluding hydrogens is 622 g/mol. The molecule has 6 aromatic carbocycles. The molecule has 4 amide bonds. The van der Waals surface area contributed by atoms with Crippen molar-refractivity contribution in [3.05, 3.63) is 161 Å². The van der Waals surface area contributed by atoms with Crippen LogP contribution in [0.5, 0.6) is 0 Å². The molecule has 0 aliphatic carbocycles. The van der Waals surface area contributed by atoms with Gasteiger partial charge >= 0.3 is 0 Å². The predicted molar refractivity (Wildman–Crippen MR) is 195 cm³/mol. The number of amides is 4. The lowest BCUT2D eigenvalue weighted by Gasteiger charge is -2.18. The number of aromatic nitrogens is 1. The Bertz CT molecular complexity index is 2650. The molecule has 9 rings (SSSR count). The Morgan fingerprint density at radius 3 is 1.86 bits per heavy atom. The molecule has 0 fully saturated rings. The number of aryl methyl sites for hydroxylation is 1. The van der Waals surface area contributed by atoms with Gasteiger partial charge in [0.2, 0.25) is 0 Å². The van der Waals surface area contributed by atoms with Crippen LogP contribution < -0.4 is 4.90 Å². The van der Waals surface area contributed by atoms with E-state index in [1.54, 1.807) is 36.4 Å². The van der Waals surface area contributed by atoms with E-state index in [-0.39, 0.29) is 17.7 Å². The lowest BCUT2D eigenvalue weighted by molar-refractivity contribution is 0.0692. The molecule has 0 saturated heterocycles. The van der Waals surface area contributed by atoms with Crippen molar-refractivity contribution in [2.45, 2.75) is 13.5 Å². The lowest BCUT2D eigenvalue weighted by atomic mass is 9.97. The standard InChI is InChI=1S/C43H29N3O4/c1-25-17-26(24-45-38-10-6-5-9-31(38)23-39(45)32-12-11-27-7-3-4-8-28(27)20-32)19-33(18-25)46-42(49)35-16-14-30(22-37(35)43(46)50)29-13-15-34-36(21-29)41(48)44(2)40(34)47/h3-23H,24H2,1-2H3. The molecule has 0 saturated carbocycles. The molecule has 0 unspecified atom stereocenters. The van der Waals surface area contributed by atoms with E-state index in [2.05, 4.69) is 59.2 Å². The van der Waals surface area contributed by atoms with Crippen LogP contribution in [0.15, 0.2) is 127 Å². The van der Waals surface area contributed by atoms with Gasteiger partial charge < -0.3 is 4.57 Å². The maximum atomic E-state index is 14.0. The average molecular weight is 652 g/mol. The number of hydrogen-bond donors (Lipinski definition) is 0. The first kappa shape index (κ1) is 29.5. The molecule has 0 bridgehead atoms. The van der Waals surface area contributed by atoms with E-state index in [9.17, 15) is 19.2 Å². The molecule has 1 aromatic heterocycles. The summed E-state index contributed by atoms with van der Waals surface area (Å²) in [5.74, 6) is -1.49. The highest BCUT2D eigenvalue weighted by molar-refractivity contribution is 6.34. The van der Waals surface area contributed by atoms with Crippen molar-refractivity contribution >= 4 is 51.0 Å². The van der Waals surface area contributed by atoms with Gasteiger partial charge in [-0.2, -0.15) is 0 Å². The summed E-state index contributed by atoms with van der Waals surface area (Å²) in [4.78, 5) is 55.1. The minimum Gasteiger partial charge on any atom is -0.336 e. The number of nitrogens with zero attached hydrogens (tertiary/aromatic N) is 3. The molecule has 0 radical (unpaired) electrons. The number of rotatable bonds is 5. The third-order valence-electron chi connectivity index (χ3n) is 9.89. The van der Waals surface area contributed by atoms with Crippen LogP contribution in [0.2, 0.25) is 0 Å². The molecule has 0 spiro atoms. The fourth-order valence-corrected chi connectivity index (χ4v) is 7.41. The van der Waals surface area contributed by atoms with Gasteiger partial charge in [0, 0.05) is 30.2 Å². The van der Waals surface area contributed by atoms with Crippen molar-refractivity contribution in [1.82, 2.24) is 9.47 Å². The summed E-state index contributed by atoms with van der Waals surface area (Å²) < 4.78 is 2.29. The molecule has 240 valence electrons. The topological polar surface area (TPSA) is 79.7 Å². The summed E-state index contributed by atoms with van der Waals surface area (Å²) in [6.07, 6.45) is 0. The van der Waals surface area contributed by atoms with Gasteiger partial charge in [0.25, 0.3) is 23.6 Å². The van der Waals surface area contributed by atoms with Crippen LogP contribution in [0.1, 0.15) is 52.6 Å². The highest BCUT2D eigenvalue weighted by Gasteiger charge is 2.38. The molecule has 2 aliphatic rings. The minimum atomic E-state index is -0.404. The number of fused-ring (bicyclic) bond motifs is 4. The molecule has 7 nitrogen and oxygen atoms in total. The number of benzene rings is 6. The molecule has 2 aliphatic heterocycles. The summed E-state index contributed by atoms with van der Waals surface area (Å²) in [7, 11) is 1.46. The van der Waals surface area contributed by atoms with Crippen LogP contribution in [0, 0.1) is 6.92 Å². The molecule has 0 N–H and O–H groups in total. The zero-order chi connectivity index (χ0) is 34.3. The normalized spacial score (nSPS) is 14.0. The van der Waals surface area contributed by atoms with Crippen molar-refractivity contribution in [1.29, 1.82) is 0 Å². The van der Waals surface area contributed by atoms with Gasteiger partial charge in [0.1, 0.15) is 0 Å². The summed E-state index contributed by atoms with van der Waals surface area (Å²) in [6, 6.07) is 41.4. The molecule has 7 heteroatoms. The molecule has 7 aromatic rings. The fraction of sp³-hybridized carbons (Fsp3) is 0.0698. The van der Waals surface area contributed by atoms with Crippen molar-refractivity contribution in [2.75, 3.05) is 11.9 Å². The van der Waals surface area contributed by atoms with Gasteiger partial charge in [-0.3, -0.25) is 24.1 Å². The van der Waals surface area contributed by atoms with Crippen molar-refractivity contribution in [2.24, 2.45) is 0 Å². The number of hydrogen-bond acceptors (Lipinski definition) is 4. The van der Waals surface area contributed by atoms with E-state index in [1.165, 1.54) is 22.7 Å². The second-order valence-electron chi connectivity index (χ2n) is 13.0. The zero-order valence-corrected chi connectivity index (χ0v) is 27.3. The number of carbonyl (C=O) groups is 4. The predicted octanol–water partition coefficient (Wildman–Crippen LogP) is 8.51. The van der Waals surface area contributed by atoms with Gasteiger partial charge in [-0.15, -0.1) is 0 Å². The molecule has 0 atom stereocenters. The lowest BCUT2D eigenvalue weighted by Crippen LogP contribution is -2.29. The SMILES string of the molecule is Cc1cc(Cn2c(-c3ccc4ccccc4c3)cc3ccccc32)cc(N2C(=O)c3ccc(-c4ccc5c(c4)C(=O)N(C)C5=O)cc3C2=O)c1. The Morgan fingerprint density at radius 2 is 1.10 bits per heavy atom. The second-order valence-corrected chi connectivity index (χ2v) is 13.0. The highest BCUT2D eigenvalue weighted by atomic mass is 16.2. The minimum absolute atomic E-state index is 0.297. The third-order valence-corrected chi connectivity index (χ3v) is 9.89. The zero-order valence-electron chi connectivity index (χ0n) is 27.3. The van der Waals surface area contributed by atoms with E-state index in [4.69, 9.17) is 0 Å². The largest absolute Gasteiger partial charge is 0.336 e. The third kappa shape index (κ3) is 4.51. The number of para-hydroxylation sites is 1. The van der Waals surface area contributed by atoms with Gasteiger partial charge in [0.05, 0.1) is 27.9 Å². The first-order chi connectivity index (χ1) is 24.2. The molecular formula is C43H29N3O4. The Kier molecular flexibility index (Phi) is 6.48. The average Bonchev–Trinajstić information content (AvgIpc) is 3.70. The monoisotopic (exact) mass is 651 g/mol. The molecule has 50 heavy (non-hydrogen) atoms. The van der Waals surface area contributed by atoms with E-state index < -0.39 is 5.91 Å². The van der Waals surface area contributed by atoms with Crippen LogP contribution in [0.4, 0.5) is 5.69 Å². The smallest absolute Gasteiger partial charge is 0.266 e. The summed E-state index contributed by atoms with van der Waals surface area (Å²) in [5, 5.41) is 3.48. The Morgan fingerprint density at radius 1 is 0.500 bits per heavy atom. The maximum Gasteiger partial charge on any atom is 0.266 e. The van der Waals surface area contributed by atoms with Crippen molar-refractivity contribution in [3.8, 4) is 22.4 Å².